The van der Waals surface area contributed by atoms with E-state index in [0.29, 0.717) is 0 Å². The number of para-hydroxylation sites is 1. The minimum absolute atomic E-state index is 0.0178. The van der Waals surface area contributed by atoms with Crippen LogP contribution in [0.2, 0.25) is 0 Å². The van der Waals surface area contributed by atoms with Crippen LogP contribution in [0.5, 0.6) is 0 Å². The molecule has 0 heterocycles. The van der Waals surface area contributed by atoms with E-state index in [1.165, 1.54) is 30.3 Å². The molecule has 0 bridgehead atoms. The molecule has 0 saturated carbocycles. The first-order chi connectivity index (χ1) is 9.97. The molecule has 2 amide bonds. The zero-order valence-corrected chi connectivity index (χ0v) is 10.8. The fraction of sp³-hybridized carbons (Fsp3) is 0. The Kier molecular flexibility index (Phi) is 4.13. The molecule has 0 saturated heterocycles. The zero-order chi connectivity index (χ0) is 15.4. The summed E-state index contributed by atoms with van der Waals surface area (Å²) in [6, 6.07) is 8.52. The van der Waals surface area contributed by atoms with Gasteiger partial charge in [-0.3, -0.25) is 5.41 Å². The quantitative estimate of drug-likeness (QED) is 0.517. The van der Waals surface area contributed by atoms with Crippen molar-refractivity contribution in [2.24, 2.45) is 5.73 Å². The van der Waals surface area contributed by atoms with E-state index >= 15 is 0 Å². The molecule has 5 nitrogen and oxygen atoms in total. The van der Waals surface area contributed by atoms with Crippen molar-refractivity contribution in [2.45, 2.75) is 0 Å². The topological polar surface area (TPSA) is 91.0 Å². The lowest BCUT2D eigenvalue weighted by atomic mass is 10.2. The number of amides is 2. The van der Waals surface area contributed by atoms with E-state index in [2.05, 4.69) is 10.6 Å². The van der Waals surface area contributed by atoms with Gasteiger partial charge >= 0.3 is 6.03 Å². The molecule has 0 spiro atoms. The summed E-state index contributed by atoms with van der Waals surface area (Å²) in [5, 5.41) is 11.7. The molecule has 5 N–H and O–H groups in total. The Balaban J connectivity index is 2.10. The van der Waals surface area contributed by atoms with Crippen molar-refractivity contribution in [1.29, 1.82) is 5.41 Å². The monoisotopic (exact) mass is 290 g/mol. The molecule has 2 aromatic rings. The number of amidine groups is 1. The molecule has 0 aromatic heterocycles. The number of rotatable bonds is 3. The van der Waals surface area contributed by atoms with Gasteiger partial charge in [0.15, 0.2) is 0 Å². The SMILES string of the molecule is N=C(N)c1ccc(NC(=O)Nc2ccccc2F)c(F)c1. The number of hydrogen-bond acceptors (Lipinski definition) is 2. The first-order valence-corrected chi connectivity index (χ1v) is 5.94. The Morgan fingerprint density at radius 2 is 1.62 bits per heavy atom. The van der Waals surface area contributed by atoms with Crippen LogP contribution in [0.1, 0.15) is 5.56 Å². The third-order valence-electron chi connectivity index (χ3n) is 2.65. The molecular weight excluding hydrogens is 278 g/mol. The van der Waals surface area contributed by atoms with Crippen molar-refractivity contribution in [3.8, 4) is 0 Å². The highest BCUT2D eigenvalue weighted by Gasteiger charge is 2.10. The van der Waals surface area contributed by atoms with Gasteiger partial charge in [-0.1, -0.05) is 12.1 Å². The Labute approximate surface area is 119 Å². The summed E-state index contributed by atoms with van der Waals surface area (Å²) < 4.78 is 27.1. The molecule has 21 heavy (non-hydrogen) atoms. The zero-order valence-electron chi connectivity index (χ0n) is 10.8. The van der Waals surface area contributed by atoms with Crippen LogP contribution in [0.3, 0.4) is 0 Å². The third kappa shape index (κ3) is 3.53. The standard InChI is InChI=1S/C14H12F2N4O/c15-9-3-1-2-4-11(9)19-14(21)20-12-6-5-8(13(17)18)7-10(12)16/h1-7H,(H3,17,18)(H2,19,20,21). The summed E-state index contributed by atoms with van der Waals surface area (Å²) in [6.45, 7) is 0. The molecule has 0 unspecified atom stereocenters. The second-order valence-corrected chi connectivity index (χ2v) is 4.17. The average molecular weight is 290 g/mol. The Morgan fingerprint density at radius 1 is 1.00 bits per heavy atom. The van der Waals surface area contributed by atoms with Crippen LogP contribution < -0.4 is 16.4 Å². The Bertz CT molecular complexity index is 703. The largest absolute Gasteiger partial charge is 0.384 e. The van der Waals surface area contributed by atoms with Gasteiger partial charge in [0.05, 0.1) is 11.4 Å². The third-order valence-corrected chi connectivity index (χ3v) is 2.65. The number of nitrogens with one attached hydrogen (secondary N) is 3. The van der Waals surface area contributed by atoms with Crippen molar-refractivity contribution in [1.82, 2.24) is 0 Å². The van der Waals surface area contributed by atoms with Crippen molar-refractivity contribution in [3.05, 3.63) is 59.7 Å². The summed E-state index contributed by atoms with van der Waals surface area (Å²) >= 11 is 0. The highest BCUT2D eigenvalue weighted by atomic mass is 19.1. The molecule has 0 atom stereocenters. The van der Waals surface area contributed by atoms with E-state index < -0.39 is 17.7 Å². The lowest BCUT2D eigenvalue weighted by Crippen LogP contribution is -2.21. The predicted octanol–water partition coefficient (Wildman–Crippen LogP) is 2.89. The highest BCUT2D eigenvalue weighted by molar-refractivity contribution is 6.00. The van der Waals surface area contributed by atoms with Gasteiger partial charge in [0.25, 0.3) is 0 Å². The van der Waals surface area contributed by atoms with Crippen LogP contribution in [-0.4, -0.2) is 11.9 Å². The van der Waals surface area contributed by atoms with E-state index in [4.69, 9.17) is 11.1 Å². The molecule has 108 valence electrons. The van der Waals surface area contributed by atoms with Crippen LogP contribution in [0.25, 0.3) is 0 Å². The van der Waals surface area contributed by atoms with Crippen LogP contribution in [0.4, 0.5) is 25.0 Å². The molecule has 7 heteroatoms. The molecule has 0 fully saturated rings. The van der Waals surface area contributed by atoms with Crippen molar-refractivity contribution >= 4 is 23.2 Å². The maximum Gasteiger partial charge on any atom is 0.323 e. The van der Waals surface area contributed by atoms with Crippen LogP contribution in [0.15, 0.2) is 42.5 Å². The smallest absolute Gasteiger partial charge is 0.323 e. The van der Waals surface area contributed by atoms with Gasteiger partial charge in [-0.25, -0.2) is 13.6 Å². The highest BCUT2D eigenvalue weighted by Crippen LogP contribution is 2.17. The summed E-state index contributed by atoms with van der Waals surface area (Å²) in [7, 11) is 0. The van der Waals surface area contributed by atoms with Crippen molar-refractivity contribution in [3.63, 3.8) is 0 Å². The fourth-order valence-corrected chi connectivity index (χ4v) is 1.62. The summed E-state index contributed by atoms with van der Waals surface area (Å²) in [6.07, 6.45) is 0. The second-order valence-electron chi connectivity index (χ2n) is 4.17. The summed E-state index contributed by atoms with van der Waals surface area (Å²) in [4.78, 5) is 11.7. The van der Waals surface area contributed by atoms with Gasteiger partial charge in [-0.2, -0.15) is 0 Å². The average Bonchev–Trinajstić information content (AvgIpc) is 2.43. The molecule has 0 radical (unpaired) electrons. The lowest BCUT2D eigenvalue weighted by molar-refractivity contribution is 0.262. The number of carbonyl (C=O) groups excluding carboxylic acids is 1. The van der Waals surface area contributed by atoms with Gasteiger partial charge in [0.1, 0.15) is 17.5 Å². The number of anilines is 2. The van der Waals surface area contributed by atoms with Crippen LogP contribution >= 0.6 is 0 Å². The van der Waals surface area contributed by atoms with Gasteiger partial charge < -0.3 is 16.4 Å². The van der Waals surface area contributed by atoms with Crippen molar-refractivity contribution < 1.29 is 13.6 Å². The number of hydrogen-bond donors (Lipinski definition) is 4. The lowest BCUT2D eigenvalue weighted by Gasteiger charge is -2.09. The number of urea groups is 1. The molecule has 0 aliphatic rings. The van der Waals surface area contributed by atoms with E-state index in [0.717, 1.165) is 6.07 Å². The van der Waals surface area contributed by atoms with E-state index in [9.17, 15) is 13.6 Å². The number of carbonyl (C=O) groups is 1. The number of halogens is 2. The van der Waals surface area contributed by atoms with E-state index in [1.54, 1.807) is 6.07 Å². The number of nitrogens with two attached hydrogens (primary N) is 1. The molecule has 0 aliphatic heterocycles. The van der Waals surface area contributed by atoms with Gasteiger partial charge in [0.2, 0.25) is 0 Å². The fourth-order valence-electron chi connectivity index (χ4n) is 1.62. The molecule has 2 rings (SSSR count). The van der Waals surface area contributed by atoms with Crippen LogP contribution in [-0.2, 0) is 0 Å². The first-order valence-electron chi connectivity index (χ1n) is 5.94. The van der Waals surface area contributed by atoms with E-state index in [-0.39, 0.29) is 22.8 Å². The maximum absolute atomic E-state index is 13.7. The number of benzene rings is 2. The van der Waals surface area contributed by atoms with Gasteiger partial charge in [-0.15, -0.1) is 0 Å². The predicted molar refractivity (Wildman–Crippen MR) is 76.5 cm³/mol. The molecular formula is C14H12F2N4O. The molecule has 0 aliphatic carbocycles. The summed E-state index contributed by atoms with van der Waals surface area (Å²) in [5.74, 6) is -1.62. The Morgan fingerprint density at radius 3 is 2.19 bits per heavy atom. The minimum Gasteiger partial charge on any atom is -0.384 e. The maximum atomic E-state index is 13.7. The van der Waals surface area contributed by atoms with Crippen molar-refractivity contribution in [2.75, 3.05) is 10.6 Å². The normalized spacial score (nSPS) is 10.0. The van der Waals surface area contributed by atoms with E-state index in [1.807, 2.05) is 0 Å². The first kappa shape index (κ1) is 14.4. The summed E-state index contributed by atoms with van der Waals surface area (Å²) in [5.41, 5.74) is 5.31. The van der Waals surface area contributed by atoms with Gasteiger partial charge in [-0.05, 0) is 30.3 Å². The van der Waals surface area contributed by atoms with Gasteiger partial charge in [0, 0.05) is 5.56 Å². The number of nitrogen functional groups attached to an aromatic ring is 1. The second kappa shape index (κ2) is 6.00. The minimum atomic E-state index is -0.783. The Hall–Kier alpha value is -2.96. The molecule has 2 aromatic carbocycles. The van der Waals surface area contributed by atoms with Crippen LogP contribution in [0, 0.1) is 17.0 Å².